The van der Waals surface area contributed by atoms with E-state index < -0.39 is 5.97 Å². The number of rotatable bonds is 7. The Kier molecular flexibility index (Phi) is 5.50. The minimum Gasteiger partial charge on any atom is -0.481 e. The Bertz CT molecular complexity index is 938. The number of hydrogen-bond donors (Lipinski definition) is 1. The first-order valence-corrected chi connectivity index (χ1v) is 9.02. The van der Waals surface area contributed by atoms with E-state index in [1.807, 2.05) is 30.3 Å². The maximum atomic E-state index is 12.8. The van der Waals surface area contributed by atoms with Crippen LogP contribution in [0.4, 0.5) is 0 Å². The molecule has 25 heavy (non-hydrogen) atoms. The highest BCUT2D eigenvalue weighted by Gasteiger charge is 2.12. The van der Waals surface area contributed by atoms with Crippen molar-refractivity contribution in [1.82, 2.24) is 9.55 Å². The van der Waals surface area contributed by atoms with Crippen LogP contribution >= 0.6 is 11.8 Å². The lowest BCUT2D eigenvalue weighted by Crippen LogP contribution is -2.24. The molecule has 3 aromatic rings. The summed E-state index contributed by atoms with van der Waals surface area (Å²) < 4.78 is 1.60. The summed E-state index contributed by atoms with van der Waals surface area (Å²) in [5.74, 6) is -1.05. The van der Waals surface area contributed by atoms with E-state index in [0.29, 0.717) is 22.6 Å². The van der Waals surface area contributed by atoms with Crippen LogP contribution in [0.1, 0.15) is 12.0 Å². The van der Waals surface area contributed by atoms with E-state index in [2.05, 4.69) is 17.1 Å². The number of aryl methyl sites for hydroxylation is 1. The van der Waals surface area contributed by atoms with Gasteiger partial charge < -0.3 is 5.11 Å². The van der Waals surface area contributed by atoms with Gasteiger partial charge in [-0.1, -0.05) is 54.2 Å². The van der Waals surface area contributed by atoms with Crippen LogP contribution in [0.2, 0.25) is 0 Å². The predicted octanol–water partition coefficient (Wildman–Crippen LogP) is 3.21. The summed E-state index contributed by atoms with van der Waals surface area (Å²) in [6.07, 6.45) is 1.63. The Morgan fingerprint density at radius 2 is 1.80 bits per heavy atom. The SMILES string of the molecule is O=C(O)CSc1nc2ccccc2c(=O)n1CCCc1ccccc1. The second-order valence-corrected chi connectivity index (χ2v) is 6.58. The van der Waals surface area contributed by atoms with Gasteiger partial charge in [-0.25, -0.2) is 4.98 Å². The first-order chi connectivity index (χ1) is 12.1. The minimum atomic E-state index is -0.928. The van der Waals surface area contributed by atoms with E-state index in [-0.39, 0.29) is 11.3 Å². The number of carboxylic acids is 1. The molecule has 128 valence electrons. The van der Waals surface area contributed by atoms with Crippen LogP contribution < -0.4 is 5.56 Å². The van der Waals surface area contributed by atoms with Crippen molar-refractivity contribution in [3.63, 3.8) is 0 Å². The molecule has 0 radical (unpaired) electrons. The van der Waals surface area contributed by atoms with Crippen LogP contribution in [0, 0.1) is 0 Å². The quantitative estimate of drug-likeness (QED) is 0.521. The van der Waals surface area contributed by atoms with Gasteiger partial charge in [0.2, 0.25) is 0 Å². The van der Waals surface area contributed by atoms with Crippen molar-refractivity contribution >= 4 is 28.6 Å². The number of carbonyl (C=O) groups is 1. The molecule has 0 aliphatic rings. The summed E-state index contributed by atoms with van der Waals surface area (Å²) >= 11 is 1.08. The van der Waals surface area contributed by atoms with Gasteiger partial charge >= 0.3 is 5.97 Å². The fourth-order valence-electron chi connectivity index (χ4n) is 2.67. The number of fused-ring (bicyclic) bond motifs is 1. The van der Waals surface area contributed by atoms with Crippen LogP contribution in [-0.4, -0.2) is 26.4 Å². The zero-order valence-corrected chi connectivity index (χ0v) is 14.4. The normalized spacial score (nSPS) is 10.9. The first kappa shape index (κ1) is 17.2. The second kappa shape index (κ2) is 7.98. The molecule has 1 N–H and O–H groups in total. The van der Waals surface area contributed by atoms with Crippen LogP contribution in [0.15, 0.2) is 64.5 Å². The molecule has 0 aliphatic heterocycles. The van der Waals surface area contributed by atoms with Gasteiger partial charge in [-0.2, -0.15) is 0 Å². The van der Waals surface area contributed by atoms with Crippen molar-refractivity contribution in [2.45, 2.75) is 24.5 Å². The number of aliphatic carboxylic acids is 1. The van der Waals surface area contributed by atoms with Crippen LogP contribution in [0.5, 0.6) is 0 Å². The summed E-state index contributed by atoms with van der Waals surface area (Å²) in [5.41, 5.74) is 1.69. The molecular formula is C19H18N2O3S. The molecular weight excluding hydrogens is 336 g/mol. The second-order valence-electron chi connectivity index (χ2n) is 5.64. The first-order valence-electron chi connectivity index (χ1n) is 8.03. The number of hydrogen-bond acceptors (Lipinski definition) is 4. The van der Waals surface area contributed by atoms with E-state index in [1.165, 1.54) is 5.56 Å². The Labute approximate surface area is 149 Å². The van der Waals surface area contributed by atoms with Gasteiger partial charge in [-0.3, -0.25) is 14.2 Å². The standard InChI is InChI=1S/C19H18N2O3S/c22-17(23)13-25-19-20-16-11-5-4-10-15(16)18(24)21(19)12-6-9-14-7-2-1-3-8-14/h1-5,7-8,10-11H,6,9,12-13H2,(H,22,23). The maximum absolute atomic E-state index is 12.8. The molecule has 0 fully saturated rings. The molecule has 0 saturated heterocycles. The summed E-state index contributed by atoms with van der Waals surface area (Å²) in [7, 11) is 0. The molecule has 0 aliphatic carbocycles. The van der Waals surface area contributed by atoms with Crippen LogP contribution in [0.3, 0.4) is 0 Å². The maximum Gasteiger partial charge on any atom is 0.313 e. The van der Waals surface area contributed by atoms with Crippen molar-refractivity contribution in [1.29, 1.82) is 0 Å². The van der Waals surface area contributed by atoms with Crippen LogP contribution in [0.25, 0.3) is 10.9 Å². The van der Waals surface area contributed by atoms with Gasteiger partial charge in [0.05, 0.1) is 16.7 Å². The summed E-state index contributed by atoms with van der Waals surface area (Å²) in [5, 5.41) is 9.95. The third-order valence-electron chi connectivity index (χ3n) is 3.84. The Balaban J connectivity index is 1.87. The zero-order chi connectivity index (χ0) is 17.6. The lowest BCUT2D eigenvalue weighted by Gasteiger charge is -2.12. The molecule has 0 bridgehead atoms. The number of nitrogens with zero attached hydrogens (tertiary/aromatic N) is 2. The molecule has 0 saturated carbocycles. The monoisotopic (exact) mass is 354 g/mol. The molecule has 1 heterocycles. The summed E-state index contributed by atoms with van der Waals surface area (Å²) in [6.45, 7) is 0.507. The molecule has 6 heteroatoms. The van der Waals surface area contributed by atoms with Crippen molar-refractivity contribution in [2.24, 2.45) is 0 Å². The fraction of sp³-hybridized carbons (Fsp3) is 0.211. The lowest BCUT2D eigenvalue weighted by atomic mass is 10.1. The van der Waals surface area contributed by atoms with E-state index in [4.69, 9.17) is 5.11 Å². The van der Waals surface area contributed by atoms with Gasteiger partial charge in [-0.05, 0) is 30.5 Å². The van der Waals surface area contributed by atoms with Gasteiger partial charge in [0.1, 0.15) is 0 Å². The number of benzene rings is 2. The number of para-hydroxylation sites is 1. The van der Waals surface area contributed by atoms with Gasteiger partial charge in [0.25, 0.3) is 5.56 Å². The third-order valence-corrected chi connectivity index (χ3v) is 4.80. The summed E-state index contributed by atoms with van der Waals surface area (Å²) in [6, 6.07) is 17.2. The highest BCUT2D eigenvalue weighted by atomic mass is 32.2. The average molecular weight is 354 g/mol. The minimum absolute atomic E-state index is 0.119. The highest BCUT2D eigenvalue weighted by molar-refractivity contribution is 7.99. The van der Waals surface area contributed by atoms with E-state index in [0.717, 1.165) is 24.6 Å². The fourth-order valence-corrected chi connectivity index (χ4v) is 3.41. The van der Waals surface area contributed by atoms with Crippen LogP contribution in [-0.2, 0) is 17.8 Å². The average Bonchev–Trinajstić information content (AvgIpc) is 2.63. The molecule has 5 nitrogen and oxygen atoms in total. The van der Waals surface area contributed by atoms with E-state index in [1.54, 1.807) is 16.7 Å². The van der Waals surface area contributed by atoms with Crippen molar-refractivity contribution < 1.29 is 9.90 Å². The van der Waals surface area contributed by atoms with Crippen molar-refractivity contribution in [2.75, 3.05) is 5.75 Å². The number of aromatic nitrogens is 2. The van der Waals surface area contributed by atoms with Gasteiger partial charge in [-0.15, -0.1) is 0 Å². The molecule has 1 aromatic heterocycles. The Morgan fingerprint density at radius 3 is 2.56 bits per heavy atom. The largest absolute Gasteiger partial charge is 0.481 e. The van der Waals surface area contributed by atoms with Crippen molar-refractivity contribution in [3.05, 3.63) is 70.5 Å². The molecule has 2 aromatic carbocycles. The number of carboxylic acid groups (broad SMARTS) is 1. The topological polar surface area (TPSA) is 72.2 Å². The summed E-state index contributed by atoms with van der Waals surface area (Å²) in [4.78, 5) is 28.2. The van der Waals surface area contributed by atoms with E-state index >= 15 is 0 Å². The highest BCUT2D eigenvalue weighted by Crippen LogP contribution is 2.18. The van der Waals surface area contributed by atoms with Gasteiger partial charge in [0.15, 0.2) is 5.16 Å². The number of thioether (sulfide) groups is 1. The molecule has 3 rings (SSSR count). The molecule has 0 spiro atoms. The predicted molar refractivity (Wildman–Crippen MR) is 99.1 cm³/mol. The Hall–Kier alpha value is -2.60. The zero-order valence-electron chi connectivity index (χ0n) is 13.6. The smallest absolute Gasteiger partial charge is 0.313 e. The third kappa shape index (κ3) is 4.28. The Morgan fingerprint density at radius 1 is 1.08 bits per heavy atom. The van der Waals surface area contributed by atoms with Gasteiger partial charge in [0, 0.05) is 6.54 Å². The van der Waals surface area contributed by atoms with Crippen molar-refractivity contribution in [3.8, 4) is 0 Å². The molecule has 0 unspecified atom stereocenters. The molecule has 0 amide bonds. The lowest BCUT2D eigenvalue weighted by molar-refractivity contribution is -0.133. The van der Waals surface area contributed by atoms with E-state index in [9.17, 15) is 9.59 Å². The molecule has 0 atom stereocenters.